The molecule has 0 aliphatic rings. The molecule has 1 N–H and O–H groups in total. The van der Waals surface area contributed by atoms with Crippen LogP contribution in [0.25, 0.3) is 0 Å². The lowest BCUT2D eigenvalue weighted by Crippen LogP contribution is -2.19. The fourth-order valence-electron chi connectivity index (χ4n) is 2.18. The molecule has 0 fully saturated rings. The molecular formula is C19H16BrClN4O2S3. The van der Waals surface area contributed by atoms with Gasteiger partial charge in [-0.15, -0.1) is 10.2 Å². The Bertz CT molecular complexity index is 1030. The Morgan fingerprint density at radius 3 is 2.70 bits per heavy atom. The van der Waals surface area contributed by atoms with Crippen molar-refractivity contribution in [2.45, 2.75) is 14.4 Å². The molecule has 1 heterocycles. The molecule has 3 rings (SSSR count). The van der Waals surface area contributed by atoms with Gasteiger partial charge in [0, 0.05) is 20.8 Å². The number of hydrogen-bond donors (Lipinski definition) is 1. The van der Waals surface area contributed by atoms with Crippen LogP contribution in [0.15, 0.2) is 60.7 Å². The summed E-state index contributed by atoms with van der Waals surface area (Å²) >= 11 is 13.7. The number of amides is 1. The highest BCUT2D eigenvalue weighted by Crippen LogP contribution is 2.30. The van der Waals surface area contributed by atoms with Crippen LogP contribution < -0.4 is 10.2 Å². The molecule has 0 unspecified atom stereocenters. The van der Waals surface area contributed by atoms with Gasteiger partial charge in [-0.2, -0.15) is 5.10 Å². The standard InChI is InChI=1S/C19H16BrClN4O2S3/c1-27-16-7-4-14(20)8-13(16)9-22-23-17(26)11-29-19-25-24-18(30-19)28-10-12-2-5-15(21)6-3-12/h2-9H,10-11H2,1H3,(H,23,26)/b22-9+. The van der Waals surface area contributed by atoms with Gasteiger partial charge in [-0.05, 0) is 35.9 Å². The molecule has 1 aromatic heterocycles. The van der Waals surface area contributed by atoms with E-state index in [1.165, 1.54) is 23.1 Å². The molecule has 3 aromatic rings. The highest BCUT2D eigenvalue weighted by molar-refractivity contribution is 9.10. The lowest BCUT2D eigenvalue weighted by atomic mass is 10.2. The average Bonchev–Trinajstić information content (AvgIpc) is 3.20. The van der Waals surface area contributed by atoms with E-state index in [4.69, 9.17) is 16.3 Å². The SMILES string of the molecule is COc1ccc(Br)cc1/C=N/NC(=O)CSc1nnc(SCc2ccc(Cl)cc2)s1. The van der Waals surface area contributed by atoms with Gasteiger partial charge in [0.1, 0.15) is 5.75 Å². The van der Waals surface area contributed by atoms with E-state index in [0.717, 1.165) is 35.1 Å². The fourth-order valence-corrected chi connectivity index (χ4v) is 5.45. The third-order valence-electron chi connectivity index (χ3n) is 3.57. The summed E-state index contributed by atoms with van der Waals surface area (Å²) in [5.74, 6) is 1.42. The minimum absolute atomic E-state index is 0.198. The van der Waals surface area contributed by atoms with Crippen molar-refractivity contribution >= 4 is 74.5 Å². The number of carbonyl (C=O) groups is 1. The number of nitrogens with zero attached hydrogens (tertiary/aromatic N) is 3. The van der Waals surface area contributed by atoms with Gasteiger partial charge in [0.25, 0.3) is 5.91 Å². The van der Waals surface area contributed by atoms with Gasteiger partial charge in [0.2, 0.25) is 0 Å². The first-order valence-corrected chi connectivity index (χ1v) is 12.5. The molecule has 6 nitrogen and oxygen atoms in total. The number of thioether (sulfide) groups is 2. The Kier molecular flexibility index (Phi) is 9.01. The molecule has 156 valence electrons. The Balaban J connectivity index is 1.44. The van der Waals surface area contributed by atoms with Crippen molar-refractivity contribution < 1.29 is 9.53 Å². The molecule has 2 aromatic carbocycles. The van der Waals surface area contributed by atoms with Crippen molar-refractivity contribution in [1.82, 2.24) is 15.6 Å². The maximum Gasteiger partial charge on any atom is 0.250 e. The molecule has 0 saturated carbocycles. The number of benzene rings is 2. The highest BCUT2D eigenvalue weighted by Gasteiger charge is 2.09. The predicted octanol–water partition coefficient (Wildman–Crippen LogP) is 5.50. The van der Waals surface area contributed by atoms with Crippen molar-refractivity contribution in [2.75, 3.05) is 12.9 Å². The van der Waals surface area contributed by atoms with Crippen LogP contribution >= 0.6 is 62.4 Å². The van der Waals surface area contributed by atoms with Gasteiger partial charge in [0.05, 0.1) is 19.1 Å². The molecule has 0 saturated heterocycles. The zero-order valence-electron chi connectivity index (χ0n) is 15.7. The third kappa shape index (κ3) is 7.28. The van der Waals surface area contributed by atoms with E-state index in [0.29, 0.717) is 5.75 Å². The van der Waals surface area contributed by atoms with Crippen LogP contribution in [0.1, 0.15) is 11.1 Å². The van der Waals surface area contributed by atoms with Crippen LogP contribution in [-0.4, -0.2) is 35.2 Å². The normalized spacial score (nSPS) is 11.0. The summed E-state index contributed by atoms with van der Waals surface area (Å²) in [5.41, 5.74) is 4.43. The highest BCUT2D eigenvalue weighted by atomic mass is 79.9. The summed E-state index contributed by atoms with van der Waals surface area (Å²) in [5, 5.41) is 13.0. The Morgan fingerprint density at radius 1 is 1.23 bits per heavy atom. The lowest BCUT2D eigenvalue weighted by Gasteiger charge is -2.04. The van der Waals surface area contributed by atoms with E-state index in [-0.39, 0.29) is 11.7 Å². The monoisotopic (exact) mass is 542 g/mol. The predicted molar refractivity (Wildman–Crippen MR) is 128 cm³/mol. The van der Waals surface area contributed by atoms with Gasteiger partial charge < -0.3 is 4.74 Å². The number of methoxy groups -OCH3 is 1. The van der Waals surface area contributed by atoms with Gasteiger partial charge >= 0.3 is 0 Å². The molecular weight excluding hydrogens is 528 g/mol. The number of aromatic nitrogens is 2. The molecule has 1 amide bonds. The lowest BCUT2D eigenvalue weighted by molar-refractivity contribution is -0.118. The Labute approximate surface area is 200 Å². The van der Waals surface area contributed by atoms with E-state index in [2.05, 4.69) is 36.7 Å². The summed E-state index contributed by atoms with van der Waals surface area (Å²) in [6.07, 6.45) is 1.54. The second kappa shape index (κ2) is 11.7. The molecule has 0 bridgehead atoms. The smallest absolute Gasteiger partial charge is 0.250 e. The number of nitrogens with one attached hydrogen (secondary N) is 1. The molecule has 0 spiro atoms. The van der Waals surface area contributed by atoms with Crippen LogP contribution in [0.2, 0.25) is 5.02 Å². The van der Waals surface area contributed by atoms with Crippen LogP contribution in [-0.2, 0) is 10.5 Å². The fraction of sp³-hybridized carbons (Fsp3) is 0.158. The molecule has 0 atom stereocenters. The van der Waals surface area contributed by atoms with E-state index in [1.54, 1.807) is 25.1 Å². The summed E-state index contributed by atoms with van der Waals surface area (Å²) in [7, 11) is 1.58. The second-order valence-corrected chi connectivity index (χ2v) is 10.5. The number of carbonyl (C=O) groups excluding carboxylic acids is 1. The first-order valence-electron chi connectivity index (χ1n) is 8.52. The average molecular weight is 544 g/mol. The third-order valence-corrected chi connectivity index (χ3v) is 7.58. The van der Waals surface area contributed by atoms with Crippen molar-refractivity contribution in [3.05, 3.63) is 63.1 Å². The summed E-state index contributed by atoms with van der Waals surface area (Å²) in [4.78, 5) is 12.0. The van der Waals surface area contributed by atoms with Crippen molar-refractivity contribution in [2.24, 2.45) is 5.10 Å². The first kappa shape index (κ1) is 23.1. The minimum atomic E-state index is -0.226. The van der Waals surface area contributed by atoms with E-state index < -0.39 is 0 Å². The van der Waals surface area contributed by atoms with Crippen LogP contribution in [0.5, 0.6) is 5.75 Å². The summed E-state index contributed by atoms with van der Waals surface area (Å²) < 4.78 is 7.76. The van der Waals surface area contributed by atoms with E-state index >= 15 is 0 Å². The largest absolute Gasteiger partial charge is 0.496 e. The maximum atomic E-state index is 12.0. The number of ether oxygens (including phenoxy) is 1. The summed E-state index contributed by atoms with van der Waals surface area (Å²) in [6, 6.07) is 13.3. The van der Waals surface area contributed by atoms with Crippen molar-refractivity contribution in [3.8, 4) is 5.75 Å². The molecule has 11 heteroatoms. The van der Waals surface area contributed by atoms with Gasteiger partial charge in [-0.3, -0.25) is 4.79 Å². The Morgan fingerprint density at radius 2 is 1.97 bits per heavy atom. The maximum absolute atomic E-state index is 12.0. The van der Waals surface area contributed by atoms with Crippen LogP contribution in [0.3, 0.4) is 0 Å². The number of hydrazone groups is 1. The van der Waals surface area contributed by atoms with Crippen molar-refractivity contribution in [1.29, 1.82) is 0 Å². The zero-order chi connectivity index (χ0) is 21.3. The number of hydrogen-bond acceptors (Lipinski definition) is 8. The van der Waals surface area contributed by atoms with Gasteiger partial charge in [-0.25, -0.2) is 5.43 Å². The Hall–Kier alpha value is -1.59. The molecule has 0 aliphatic heterocycles. The topological polar surface area (TPSA) is 76.5 Å². The van der Waals surface area contributed by atoms with Gasteiger partial charge in [-0.1, -0.05) is 74.5 Å². The van der Waals surface area contributed by atoms with Crippen LogP contribution in [0, 0.1) is 0 Å². The van der Waals surface area contributed by atoms with Crippen LogP contribution in [0.4, 0.5) is 0 Å². The first-order chi connectivity index (χ1) is 14.5. The zero-order valence-corrected chi connectivity index (χ0v) is 20.5. The second-order valence-electron chi connectivity index (χ2n) is 5.72. The quantitative estimate of drug-likeness (QED) is 0.218. The molecule has 30 heavy (non-hydrogen) atoms. The van der Waals surface area contributed by atoms with E-state index in [9.17, 15) is 4.79 Å². The molecule has 0 radical (unpaired) electrons. The van der Waals surface area contributed by atoms with Gasteiger partial charge in [0.15, 0.2) is 8.68 Å². The number of rotatable bonds is 9. The number of halogens is 2. The van der Waals surface area contributed by atoms with Crippen molar-refractivity contribution in [3.63, 3.8) is 0 Å². The van der Waals surface area contributed by atoms with E-state index in [1.807, 2.05) is 42.5 Å². The minimum Gasteiger partial charge on any atom is -0.496 e. The summed E-state index contributed by atoms with van der Waals surface area (Å²) in [6.45, 7) is 0. The molecule has 0 aliphatic carbocycles.